The minimum Gasteiger partial charge on any atom is -0.497 e. The van der Waals surface area contributed by atoms with Crippen molar-refractivity contribution in [3.8, 4) is 5.75 Å². The molecule has 0 bridgehead atoms. The monoisotopic (exact) mass is 290 g/mol. The lowest BCUT2D eigenvalue weighted by Crippen LogP contribution is -2.39. The molecule has 1 aromatic carbocycles. The molecule has 1 aromatic rings. The van der Waals surface area contributed by atoms with E-state index in [0.717, 1.165) is 18.8 Å². The van der Waals surface area contributed by atoms with Crippen LogP contribution in [-0.4, -0.2) is 31.0 Å². The lowest BCUT2D eigenvalue weighted by Gasteiger charge is -2.34. The van der Waals surface area contributed by atoms with E-state index in [1.54, 1.807) is 25.3 Å². The molecule has 4 nitrogen and oxygen atoms in total. The van der Waals surface area contributed by atoms with Gasteiger partial charge in [-0.25, -0.2) is 0 Å². The summed E-state index contributed by atoms with van der Waals surface area (Å²) in [5.41, 5.74) is 7.00. The predicted octanol–water partition coefficient (Wildman–Crippen LogP) is 3.32. The maximum Gasteiger partial charge on any atom is 0.256 e. The molecule has 0 unspecified atom stereocenters. The molecule has 0 atom stereocenters. The van der Waals surface area contributed by atoms with Crippen LogP contribution >= 0.6 is 0 Å². The number of benzene rings is 1. The van der Waals surface area contributed by atoms with Crippen LogP contribution in [0.5, 0.6) is 5.75 Å². The highest BCUT2D eigenvalue weighted by atomic mass is 16.5. The van der Waals surface area contributed by atoms with E-state index in [-0.39, 0.29) is 5.91 Å². The summed E-state index contributed by atoms with van der Waals surface area (Å²) in [5, 5.41) is 0. The molecule has 2 rings (SSSR count). The summed E-state index contributed by atoms with van der Waals surface area (Å²) in [6.45, 7) is 2.25. The van der Waals surface area contributed by atoms with E-state index in [2.05, 4.69) is 6.92 Å². The van der Waals surface area contributed by atoms with Gasteiger partial charge in [0, 0.05) is 18.8 Å². The van der Waals surface area contributed by atoms with Gasteiger partial charge in [-0.15, -0.1) is 0 Å². The Hall–Kier alpha value is -1.71. The topological polar surface area (TPSA) is 55.6 Å². The summed E-state index contributed by atoms with van der Waals surface area (Å²) in [6, 6.07) is 5.56. The van der Waals surface area contributed by atoms with Crippen molar-refractivity contribution in [3.63, 3.8) is 0 Å². The molecule has 0 aliphatic heterocycles. The molecule has 1 fully saturated rings. The van der Waals surface area contributed by atoms with Crippen molar-refractivity contribution in [2.45, 2.75) is 45.1 Å². The Kier molecular flexibility index (Phi) is 5.10. The van der Waals surface area contributed by atoms with Crippen LogP contribution in [0.1, 0.15) is 49.4 Å². The second-order valence-electron chi connectivity index (χ2n) is 5.95. The Morgan fingerprint density at radius 1 is 1.33 bits per heavy atom. The summed E-state index contributed by atoms with van der Waals surface area (Å²) in [6.07, 6.45) is 5.85. The fraction of sp³-hybridized carbons (Fsp3) is 0.588. The van der Waals surface area contributed by atoms with Crippen LogP contribution in [0.25, 0.3) is 0 Å². The van der Waals surface area contributed by atoms with E-state index in [1.165, 1.54) is 19.3 Å². The summed E-state index contributed by atoms with van der Waals surface area (Å²) in [4.78, 5) is 14.5. The first-order valence-electron chi connectivity index (χ1n) is 7.77. The Labute approximate surface area is 127 Å². The first kappa shape index (κ1) is 15.7. The number of nitrogens with zero attached hydrogens (tertiary/aromatic N) is 1. The van der Waals surface area contributed by atoms with E-state index in [9.17, 15) is 4.79 Å². The lowest BCUT2D eigenvalue weighted by molar-refractivity contribution is 0.0675. The van der Waals surface area contributed by atoms with Crippen LogP contribution in [0.15, 0.2) is 18.2 Å². The third-order valence-corrected chi connectivity index (χ3v) is 4.75. The van der Waals surface area contributed by atoms with Crippen molar-refractivity contribution in [2.75, 3.05) is 19.9 Å². The number of anilines is 1. The second-order valence-corrected chi connectivity index (χ2v) is 5.95. The Balaban J connectivity index is 2.09. The number of hydrogen-bond acceptors (Lipinski definition) is 3. The SMILES string of the molecule is CCC1CCC(N(C)C(=O)c2cc(OC)ccc2N)CC1. The van der Waals surface area contributed by atoms with Gasteiger partial charge in [0.25, 0.3) is 5.91 Å². The fourth-order valence-corrected chi connectivity index (χ4v) is 3.14. The molecular formula is C17H26N2O2. The van der Waals surface area contributed by atoms with E-state index < -0.39 is 0 Å². The number of carbonyl (C=O) groups is 1. The Morgan fingerprint density at radius 2 is 2.00 bits per heavy atom. The third-order valence-electron chi connectivity index (χ3n) is 4.75. The fourth-order valence-electron chi connectivity index (χ4n) is 3.14. The molecule has 1 amide bonds. The number of ether oxygens (including phenoxy) is 1. The molecule has 0 radical (unpaired) electrons. The summed E-state index contributed by atoms with van der Waals surface area (Å²) in [5.74, 6) is 1.48. The number of carbonyl (C=O) groups excluding carboxylic acids is 1. The zero-order chi connectivity index (χ0) is 15.4. The molecule has 1 aliphatic carbocycles. The van der Waals surface area contributed by atoms with Crippen LogP contribution < -0.4 is 10.5 Å². The van der Waals surface area contributed by atoms with E-state index in [0.29, 0.717) is 23.0 Å². The van der Waals surface area contributed by atoms with E-state index in [1.807, 2.05) is 11.9 Å². The number of nitrogens with two attached hydrogens (primary N) is 1. The first-order valence-corrected chi connectivity index (χ1v) is 7.77. The number of methoxy groups -OCH3 is 1. The number of rotatable bonds is 4. The highest BCUT2D eigenvalue weighted by molar-refractivity contribution is 5.99. The van der Waals surface area contributed by atoms with E-state index in [4.69, 9.17) is 10.5 Å². The van der Waals surface area contributed by atoms with Gasteiger partial charge in [0.05, 0.1) is 12.7 Å². The normalized spacial score (nSPS) is 21.9. The number of amides is 1. The minimum atomic E-state index is -0.00801. The van der Waals surface area contributed by atoms with Crippen molar-refractivity contribution < 1.29 is 9.53 Å². The van der Waals surface area contributed by atoms with Gasteiger partial charge < -0.3 is 15.4 Å². The highest BCUT2D eigenvalue weighted by Gasteiger charge is 2.27. The zero-order valence-electron chi connectivity index (χ0n) is 13.3. The highest BCUT2D eigenvalue weighted by Crippen LogP contribution is 2.30. The standard InChI is InChI=1S/C17H26N2O2/c1-4-12-5-7-13(8-6-12)19(2)17(20)15-11-14(21-3)9-10-16(15)18/h9-13H,4-8,18H2,1-3H3. The molecule has 0 saturated heterocycles. The van der Waals surface area contributed by atoms with Crippen LogP contribution in [-0.2, 0) is 0 Å². The van der Waals surface area contributed by atoms with Crippen molar-refractivity contribution in [3.05, 3.63) is 23.8 Å². The van der Waals surface area contributed by atoms with Crippen LogP contribution in [0.3, 0.4) is 0 Å². The van der Waals surface area contributed by atoms with Gasteiger partial charge in [-0.1, -0.05) is 13.3 Å². The molecule has 116 valence electrons. The van der Waals surface area contributed by atoms with Crippen molar-refractivity contribution in [1.29, 1.82) is 0 Å². The average Bonchev–Trinajstić information content (AvgIpc) is 2.54. The van der Waals surface area contributed by atoms with Gasteiger partial charge >= 0.3 is 0 Å². The van der Waals surface area contributed by atoms with Crippen molar-refractivity contribution in [1.82, 2.24) is 4.90 Å². The van der Waals surface area contributed by atoms with Gasteiger partial charge in [-0.3, -0.25) is 4.79 Å². The largest absolute Gasteiger partial charge is 0.497 e. The summed E-state index contributed by atoms with van der Waals surface area (Å²) < 4.78 is 5.19. The molecule has 0 heterocycles. The molecule has 1 aliphatic rings. The summed E-state index contributed by atoms with van der Waals surface area (Å²) >= 11 is 0. The van der Waals surface area contributed by atoms with Gasteiger partial charge in [0.2, 0.25) is 0 Å². The third kappa shape index (κ3) is 3.49. The van der Waals surface area contributed by atoms with E-state index >= 15 is 0 Å². The minimum absolute atomic E-state index is 0.00801. The van der Waals surface area contributed by atoms with Crippen molar-refractivity contribution >= 4 is 11.6 Å². The Morgan fingerprint density at radius 3 is 2.57 bits per heavy atom. The molecule has 21 heavy (non-hydrogen) atoms. The maximum atomic E-state index is 12.7. The lowest BCUT2D eigenvalue weighted by atomic mass is 9.84. The molecular weight excluding hydrogens is 264 g/mol. The molecule has 1 saturated carbocycles. The van der Waals surface area contributed by atoms with Gasteiger partial charge in [0.15, 0.2) is 0 Å². The van der Waals surface area contributed by atoms with Gasteiger partial charge in [0.1, 0.15) is 5.75 Å². The second kappa shape index (κ2) is 6.83. The molecule has 2 N–H and O–H groups in total. The van der Waals surface area contributed by atoms with Crippen molar-refractivity contribution in [2.24, 2.45) is 5.92 Å². The zero-order valence-corrected chi connectivity index (χ0v) is 13.3. The quantitative estimate of drug-likeness (QED) is 0.865. The maximum absolute atomic E-state index is 12.7. The van der Waals surface area contributed by atoms with Gasteiger partial charge in [-0.05, 0) is 49.8 Å². The molecule has 0 spiro atoms. The van der Waals surface area contributed by atoms with Crippen LogP contribution in [0.2, 0.25) is 0 Å². The van der Waals surface area contributed by atoms with Crippen LogP contribution in [0.4, 0.5) is 5.69 Å². The number of hydrogen-bond donors (Lipinski definition) is 1. The molecule has 4 heteroatoms. The number of nitrogen functional groups attached to an aromatic ring is 1. The van der Waals surface area contributed by atoms with Gasteiger partial charge in [-0.2, -0.15) is 0 Å². The summed E-state index contributed by atoms with van der Waals surface area (Å²) in [7, 11) is 3.48. The first-order chi connectivity index (χ1) is 10.1. The Bertz CT molecular complexity index is 494. The average molecular weight is 290 g/mol. The molecule has 0 aromatic heterocycles. The predicted molar refractivity (Wildman–Crippen MR) is 85.5 cm³/mol. The van der Waals surface area contributed by atoms with Crippen LogP contribution in [0, 0.1) is 5.92 Å². The smallest absolute Gasteiger partial charge is 0.256 e.